The van der Waals surface area contributed by atoms with Crippen LogP contribution >= 0.6 is 11.8 Å². The highest BCUT2D eigenvalue weighted by Crippen LogP contribution is 2.21. The Bertz CT molecular complexity index is 897. The lowest BCUT2D eigenvalue weighted by molar-refractivity contribution is -0.121. The van der Waals surface area contributed by atoms with Gasteiger partial charge in [0.05, 0.1) is 24.1 Å². The van der Waals surface area contributed by atoms with Gasteiger partial charge in [-0.3, -0.25) is 4.79 Å². The maximum Gasteiger partial charge on any atom is 0.243 e. The summed E-state index contributed by atoms with van der Waals surface area (Å²) in [6.45, 7) is 5.91. The summed E-state index contributed by atoms with van der Waals surface area (Å²) in [4.78, 5) is 13.8. The second kappa shape index (κ2) is 10.7. The molecule has 0 aliphatic carbocycles. The fourth-order valence-corrected chi connectivity index (χ4v) is 4.63. The highest BCUT2D eigenvalue weighted by Gasteiger charge is 2.25. The van der Waals surface area contributed by atoms with Crippen LogP contribution in [0.1, 0.15) is 32.4 Å². The molecule has 0 radical (unpaired) electrons. The molecule has 2 aromatic rings. The van der Waals surface area contributed by atoms with Gasteiger partial charge in [-0.1, -0.05) is 19.1 Å². The fourth-order valence-electron chi connectivity index (χ4n) is 2.81. The maximum atomic E-state index is 12.9. The lowest BCUT2D eigenvalue weighted by Crippen LogP contribution is -2.41. The second-order valence-electron chi connectivity index (χ2n) is 6.40. The molecule has 0 fully saturated rings. The van der Waals surface area contributed by atoms with Gasteiger partial charge in [0.25, 0.3) is 0 Å². The van der Waals surface area contributed by atoms with Crippen LogP contribution in [0.25, 0.3) is 0 Å². The summed E-state index contributed by atoms with van der Waals surface area (Å²) in [6.07, 6.45) is 2.00. The standard InChI is InChI=1S/C21H28N2O4S2/c1-5-23(29(25,26)20-13-9-18(10-14-20)27-6-2)15-21(24)22-16(3)17-7-11-19(28-4)12-8-17/h7-14,16H,5-6,15H2,1-4H3,(H,22,24). The Morgan fingerprint density at radius 2 is 1.72 bits per heavy atom. The van der Waals surface area contributed by atoms with Crippen LogP contribution in [0.4, 0.5) is 0 Å². The number of thioether (sulfide) groups is 1. The molecule has 1 N–H and O–H groups in total. The van der Waals surface area contributed by atoms with Crippen molar-refractivity contribution in [3.05, 3.63) is 54.1 Å². The van der Waals surface area contributed by atoms with Gasteiger partial charge in [0.15, 0.2) is 0 Å². The molecule has 6 nitrogen and oxygen atoms in total. The van der Waals surface area contributed by atoms with Crippen LogP contribution in [-0.2, 0) is 14.8 Å². The van der Waals surface area contributed by atoms with E-state index in [1.807, 2.05) is 44.4 Å². The molecular formula is C21H28N2O4S2. The van der Waals surface area contributed by atoms with Crippen LogP contribution in [0.5, 0.6) is 5.75 Å². The number of rotatable bonds is 10. The van der Waals surface area contributed by atoms with Crippen LogP contribution in [0.3, 0.4) is 0 Å². The quantitative estimate of drug-likeness (QED) is 0.575. The summed E-state index contributed by atoms with van der Waals surface area (Å²) in [5, 5.41) is 2.88. The SMILES string of the molecule is CCOc1ccc(S(=O)(=O)N(CC)CC(=O)NC(C)c2ccc(SC)cc2)cc1. The predicted molar refractivity (Wildman–Crippen MR) is 117 cm³/mol. The van der Waals surface area contributed by atoms with Crippen molar-refractivity contribution in [1.82, 2.24) is 9.62 Å². The Kier molecular flexibility index (Phi) is 8.55. The first-order valence-corrected chi connectivity index (χ1v) is 12.1. The summed E-state index contributed by atoms with van der Waals surface area (Å²) in [5.74, 6) is 0.261. The molecule has 1 unspecified atom stereocenters. The van der Waals surface area contributed by atoms with Crippen LogP contribution in [-0.4, -0.2) is 44.6 Å². The molecule has 0 bridgehead atoms. The van der Waals surface area contributed by atoms with E-state index >= 15 is 0 Å². The summed E-state index contributed by atoms with van der Waals surface area (Å²) in [7, 11) is -3.77. The van der Waals surface area contributed by atoms with Crippen LogP contribution in [0, 0.1) is 0 Å². The molecule has 29 heavy (non-hydrogen) atoms. The van der Waals surface area contributed by atoms with Crippen molar-refractivity contribution < 1.29 is 17.9 Å². The first kappa shape index (κ1) is 23.3. The van der Waals surface area contributed by atoms with E-state index in [9.17, 15) is 13.2 Å². The van der Waals surface area contributed by atoms with E-state index in [4.69, 9.17) is 4.74 Å². The molecule has 0 spiro atoms. The highest BCUT2D eigenvalue weighted by atomic mass is 32.2. The van der Waals surface area contributed by atoms with Gasteiger partial charge >= 0.3 is 0 Å². The van der Waals surface area contributed by atoms with E-state index in [1.165, 1.54) is 16.4 Å². The largest absolute Gasteiger partial charge is 0.494 e. The van der Waals surface area contributed by atoms with E-state index in [0.717, 1.165) is 10.5 Å². The smallest absolute Gasteiger partial charge is 0.243 e. The average Bonchev–Trinajstić information content (AvgIpc) is 2.72. The van der Waals surface area contributed by atoms with E-state index in [1.54, 1.807) is 30.8 Å². The molecule has 0 heterocycles. The highest BCUT2D eigenvalue weighted by molar-refractivity contribution is 7.98. The molecule has 0 saturated heterocycles. The van der Waals surface area contributed by atoms with Crippen molar-refractivity contribution in [2.45, 2.75) is 36.6 Å². The van der Waals surface area contributed by atoms with Crippen molar-refractivity contribution in [1.29, 1.82) is 0 Å². The number of hydrogen-bond donors (Lipinski definition) is 1. The Hall–Kier alpha value is -2.03. The zero-order chi connectivity index (χ0) is 21.4. The summed E-state index contributed by atoms with van der Waals surface area (Å²) < 4.78 is 32.3. The lowest BCUT2D eigenvalue weighted by atomic mass is 10.1. The van der Waals surface area contributed by atoms with E-state index in [-0.39, 0.29) is 29.9 Å². The molecule has 0 aliphatic heterocycles. The average molecular weight is 437 g/mol. The normalized spacial score (nSPS) is 12.6. The minimum absolute atomic E-state index is 0.135. The van der Waals surface area contributed by atoms with Crippen molar-refractivity contribution in [3.63, 3.8) is 0 Å². The van der Waals surface area contributed by atoms with Crippen molar-refractivity contribution in [2.24, 2.45) is 0 Å². The Morgan fingerprint density at radius 1 is 1.10 bits per heavy atom. The molecule has 2 rings (SSSR count). The number of benzene rings is 2. The molecule has 0 saturated carbocycles. The number of ether oxygens (including phenoxy) is 1. The zero-order valence-electron chi connectivity index (χ0n) is 17.2. The van der Waals surface area contributed by atoms with Gasteiger partial charge in [0.2, 0.25) is 15.9 Å². The minimum atomic E-state index is -3.77. The predicted octanol–water partition coefficient (Wildman–Crippen LogP) is 3.70. The molecule has 0 aromatic heterocycles. The van der Waals surface area contributed by atoms with E-state index < -0.39 is 10.0 Å². The number of likely N-dealkylation sites (N-methyl/N-ethyl adjacent to an activating group) is 1. The third kappa shape index (κ3) is 6.22. The van der Waals surface area contributed by atoms with Crippen LogP contribution in [0.15, 0.2) is 58.3 Å². The molecule has 158 valence electrons. The van der Waals surface area contributed by atoms with Gasteiger partial charge in [-0.15, -0.1) is 11.8 Å². The molecular weight excluding hydrogens is 408 g/mol. The van der Waals surface area contributed by atoms with Gasteiger partial charge in [0.1, 0.15) is 5.75 Å². The first-order chi connectivity index (χ1) is 13.8. The summed E-state index contributed by atoms with van der Waals surface area (Å²) in [5.41, 5.74) is 0.966. The minimum Gasteiger partial charge on any atom is -0.494 e. The number of nitrogens with zero attached hydrogens (tertiary/aromatic N) is 1. The molecule has 1 amide bonds. The number of sulfonamides is 1. The number of nitrogens with one attached hydrogen (secondary N) is 1. The number of hydrogen-bond acceptors (Lipinski definition) is 5. The van der Waals surface area contributed by atoms with Crippen LogP contribution < -0.4 is 10.1 Å². The Balaban J connectivity index is 2.05. The van der Waals surface area contributed by atoms with Crippen molar-refractivity contribution >= 4 is 27.7 Å². The number of carbonyl (C=O) groups is 1. The monoisotopic (exact) mass is 436 g/mol. The fraction of sp³-hybridized carbons (Fsp3) is 0.381. The second-order valence-corrected chi connectivity index (χ2v) is 9.22. The zero-order valence-corrected chi connectivity index (χ0v) is 18.8. The van der Waals surface area contributed by atoms with Gasteiger partial charge in [-0.25, -0.2) is 8.42 Å². The number of amides is 1. The maximum absolute atomic E-state index is 12.9. The third-order valence-electron chi connectivity index (χ3n) is 4.44. The molecule has 0 aliphatic rings. The molecule has 1 atom stereocenters. The third-order valence-corrected chi connectivity index (χ3v) is 7.12. The van der Waals surface area contributed by atoms with Crippen molar-refractivity contribution in [3.8, 4) is 5.75 Å². The van der Waals surface area contributed by atoms with Gasteiger partial charge in [-0.2, -0.15) is 4.31 Å². The number of carbonyl (C=O) groups excluding carboxylic acids is 1. The Labute approximate surface area is 177 Å². The summed E-state index contributed by atoms with van der Waals surface area (Å²) >= 11 is 1.65. The van der Waals surface area contributed by atoms with E-state index in [0.29, 0.717) is 12.4 Å². The van der Waals surface area contributed by atoms with Gasteiger partial charge < -0.3 is 10.1 Å². The van der Waals surface area contributed by atoms with Crippen molar-refractivity contribution in [2.75, 3.05) is 26.0 Å². The lowest BCUT2D eigenvalue weighted by Gasteiger charge is -2.22. The topological polar surface area (TPSA) is 75.7 Å². The van der Waals surface area contributed by atoms with E-state index in [2.05, 4.69) is 5.32 Å². The summed E-state index contributed by atoms with van der Waals surface area (Å²) in [6, 6.07) is 13.9. The first-order valence-electron chi connectivity index (χ1n) is 9.48. The molecule has 2 aromatic carbocycles. The Morgan fingerprint density at radius 3 is 2.24 bits per heavy atom. The van der Waals surface area contributed by atoms with Gasteiger partial charge in [-0.05, 0) is 62.1 Å². The molecule has 8 heteroatoms. The van der Waals surface area contributed by atoms with Gasteiger partial charge in [0, 0.05) is 11.4 Å². The van der Waals surface area contributed by atoms with Crippen LogP contribution in [0.2, 0.25) is 0 Å².